The summed E-state index contributed by atoms with van der Waals surface area (Å²) < 4.78 is 0. The van der Waals surface area contributed by atoms with E-state index in [2.05, 4.69) is 6.92 Å². The Bertz CT molecular complexity index is 942. The quantitative estimate of drug-likeness (QED) is 0.214. The van der Waals surface area contributed by atoms with Gasteiger partial charge in [-0.2, -0.15) is 0 Å². The van der Waals surface area contributed by atoms with Gasteiger partial charge in [-0.15, -0.1) is 0 Å². The number of para-hydroxylation sites is 2. The van der Waals surface area contributed by atoms with Gasteiger partial charge in [-0.25, -0.2) is 0 Å². The molecule has 0 fully saturated rings. The van der Waals surface area contributed by atoms with Crippen LogP contribution in [0.2, 0.25) is 0 Å². The van der Waals surface area contributed by atoms with Crippen LogP contribution in [0.3, 0.4) is 0 Å². The van der Waals surface area contributed by atoms with E-state index >= 15 is 0 Å². The Morgan fingerprint density at radius 2 is 1.19 bits per heavy atom. The van der Waals surface area contributed by atoms with Crippen LogP contribution in [-0.4, -0.2) is 24.9 Å². The predicted octanol–water partition coefficient (Wildman–Crippen LogP) is 8.80. The fourth-order valence-corrected chi connectivity index (χ4v) is 5.38. The molecule has 0 aromatic heterocycles. The minimum atomic E-state index is -0.244. The topological polar surface area (TPSA) is 40.6 Å². The molecule has 0 bridgehead atoms. The first kappa shape index (κ1) is 28.9. The van der Waals surface area contributed by atoms with Crippen molar-refractivity contribution in [2.24, 2.45) is 5.92 Å². The summed E-state index contributed by atoms with van der Waals surface area (Å²) in [6, 6.07) is 17.2. The van der Waals surface area contributed by atoms with Crippen molar-refractivity contribution in [3.63, 3.8) is 0 Å². The number of hydrogen-bond donors (Lipinski definition) is 0. The van der Waals surface area contributed by atoms with E-state index in [9.17, 15) is 9.59 Å². The first-order chi connectivity index (χ1) is 18.1. The smallest absolute Gasteiger partial charge is 0.258 e. The van der Waals surface area contributed by atoms with Crippen LogP contribution < -0.4 is 9.80 Å². The Morgan fingerprint density at radius 1 is 0.703 bits per heavy atom. The number of unbranched alkanes of at least 4 members (excludes halogenated alkanes) is 13. The lowest BCUT2D eigenvalue weighted by Crippen LogP contribution is -2.38. The van der Waals surface area contributed by atoms with Crippen molar-refractivity contribution < 1.29 is 9.59 Å². The maximum atomic E-state index is 13.4. The number of anilines is 2. The van der Waals surface area contributed by atoms with Gasteiger partial charge in [-0.05, 0) is 30.7 Å². The van der Waals surface area contributed by atoms with Gasteiger partial charge in [0.15, 0.2) is 0 Å². The van der Waals surface area contributed by atoms with Crippen LogP contribution in [0.5, 0.6) is 0 Å². The third-order valence-corrected chi connectivity index (χ3v) is 7.61. The molecule has 1 unspecified atom stereocenters. The third kappa shape index (κ3) is 9.02. The molecule has 4 heteroatoms. The zero-order valence-corrected chi connectivity index (χ0v) is 23.3. The van der Waals surface area contributed by atoms with E-state index < -0.39 is 0 Å². The summed E-state index contributed by atoms with van der Waals surface area (Å²) in [6.45, 7) is 5.33. The van der Waals surface area contributed by atoms with E-state index in [0.29, 0.717) is 18.7 Å². The molecule has 0 N–H and O–H groups in total. The Morgan fingerprint density at radius 3 is 1.76 bits per heavy atom. The lowest BCUT2D eigenvalue weighted by atomic mass is 10.0. The summed E-state index contributed by atoms with van der Waals surface area (Å²) in [5, 5.41) is 0. The van der Waals surface area contributed by atoms with Crippen LogP contribution in [0.4, 0.5) is 11.4 Å². The molecule has 1 aliphatic heterocycles. The molecule has 2 aromatic carbocycles. The minimum absolute atomic E-state index is 0.0500. The summed E-state index contributed by atoms with van der Waals surface area (Å²) in [4.78, 5) is 30.5. The SMILES string of the molecule is CCCCCCCCCCCCCCCCN1C(=O)C(C)CN(C(=O)c2ccccc2)c2ccccc21. The highest BCUT2D eigenvalue weighted by atomic mass is 16.2. The molecule has 1 aliphatic rings. The van der Waals surface area contributed by atoms with Crippen LogP contribution in [-0.2, 0) is 4.79 Å². The van der Waals surface area contributed by atoms with Gasteiger partial charge in [0.05, 0.1) is 17.3 Å². The van der Waals surface area contributed by atoms with Crippen molar-refractivity contribution in [1.82, 2.24) is 0 Å². The third-order valence-electron chi connectivity index (χ3n) is 7.61. The highest BCUT2D eigenvalue weighted by molar-refractivity contribution is 6.11. The number of rotatable bonds is 16. The Labute approximate surface area is 225 Å². The molecular formula is C33H48N2O2. The van der Waals surface area contributed by atoms with Crippen molar-refractivity contribution in [1.29, 1.82) is 0 Å². The molecule has 3 rings (SSSR count). The van der Waals surface area contributed by atoms with Crippen molar-refractivity contribution in [3.8, 4) is 0 Å². The van der Waals surface area contributed by atoms with E-state index in [1.807, 2.05) is 66.4 Å². The fraction of sp³-hybridized carbons (Fsp3) is 0.576. The highest BCUT2D eigenvalue weighted by Gasteiger charge is 2.33. The number of carbonyl (C=O) groups excluding carboxylic acids is 2. The first-order valence-electron chi connectivity index (χ1n) is 14.9. The zero-order valence-electron chi connectivity index (χ0n) is 23.3. The molecule has 2 amide bonds. The Kier molecular flexibility index (Phi) is 12.7. The molecule has 1 atom stereocenters. The zero-order chi connectivity index (χ0) is 26.3. The van der Waals surface area contributed by atoms with E-state index in [1.54, 1.807) is 4.90 Å². The summed E-state index contributed by atoms with van der Waals surface area (Å²) in [5.74, 6) is -0.178. The van der Waals surface area contributed by atoms with Gasteiger partial charge in [0.1, 0.15) is 0 Å². The van der Waals surface area contributed by atoms with E-state index in [1.165, 1.54) is 77.0 Å². The van der Waals surface area contributed by atoms with Crippen LogP contribution in [0.25, 0.3) is 0 Å². The second kappa shape index (κ2) is 16.3. The predicted molar refractivity (Wildman–Crippen MR) is 156 cm³/mol. The fourth-order valence-electron chi connectivity index (χ4n) is 5.38. The molecule has 0 aliphatic carbocycles. The van der Waals surface area contributed by atoms with Crippen molar-refractivity contribution in [2.45, 2.75) is 104 Å². The summed E-state index contributed by atoms with van der Waals surface area (Å²) >= 11 is 0. The highest BCUT2D eigenvalue weighted by Crippen LogP contribution is 2.35. The normalized spacial score (nSPS) is 15.5. The van der Waals surface area contributed by atoms with Crippen LogP contribution in [0.1, 0.15) is 114 Å². The molecule has 0 radical (unpaired) electrons. The molecule has 4 nitrogen and oxygen atoms in total. The van der Waals surface area contributed by atoms with Gasteiger partial charge < -0.3 is 9.80 Å². The summed E-state index contributed by atoms with van der Waals surface area (Å²) in [7, 11) is 0. The maximum absolute atomic E-state index is 13.4. The second-order valence-electron chi connectivity index (χ2n) is 10.8. The van der Waals surface area contributed by atoms with E-state index in [4.69, 9.17) is 0 Å². The molecule has 0 saturated heterocycles. The summed E-state index contributed by atoms with van der Waals surface area (Å²) in [6.07, 6.45) is 18.5. The van der Waals surface area contributed by atoms with Crippen LogP contribution >= 0.6 is 0 Å². The average molecular weight is 505 g/mol. The van der Waals surface area contributed by atoms with Gasteiger partial charge >= 0.3 is 0 Å². The molecule has 0 spiro atoms. The van der Waals surface area contributed by atoms with Gasteiger partial charge in [-0.1, -0.05) is 128 Å². The van der Waals surface area contributed by atoms with Gasteiger partial charge in [0, 0.05) is 18.7 Å². The Balaban J connectivity index is 1.44. The number of carbonyl (C=O) groups is 2. The van der Waals surface area contributed by atoms with Crippen LogP contribution in [0.15, 0.2) is 54.6 Å². The molecule has 1 heterocycles. The lowest BCUT2D eigenvalue weighted by molar-refractivity contribution is -0.121. The van der Waals surface area contributed by atoms with E-state index in [-0.39, 0.29) is 17.7 Å². The first-order valence-corrected chi connectivity index (χ1v) is 14.9. The molecule has 0 saturated carbocycles. The second-order valence-corrected chi connectivity index (χ2v) is 10.8. The number of benzene rings is 2. The van der Waals surface area contributed by atoms with Gasteiger partial charge in [0.25, 0.3) is 5.91 Å². The minimum Gasteiger partial charge on any atom is -0.310 e. The monoisotopic (exact) mass is 504 g/mol. The lowest BCUT2D eigenvalue weighted by Gasteiger charge is -2.25. The van der Waals surface area contributed by atoms with E-state index in [0.717, 1.165) is 24.2 Å². The van der Waals surface area contributed by atoms with Gasteiger partial charge in [0.2, 0.25) is 5.91 Å². The maximum Gasteiger partial charge on any atom is 0.258 e. The number of amides is 2. The average Bonchev–Trinajstić information content (AvgIpc) is 3.03. The number of nitrogens with zero attached hydrogens (tertiary/aromatic N) is 2. The number of fused-ring (bicyclic) bond motifs is 1. The Hall–Kier alpha value is -2.62. The summed E-state index contributed by atoms with van der Waals surface area (Å²) in [5.41, 5.74) is 2.34. The molecule has 37 heavy (non-hydrogen) atoms. The number of hydrogen-bond acceptors (Lipinski definition) is 2. The van der Waals surface area contributed by atoms with Gasteiger partial charge in [-0.3, -0.25) is 9.59 Å². The van der Waals surface area contributed by atoms with Crippen LogP contribution in [0, 0.1) is 5.92 Å². The van der Waals surface area contributed by atoms with Crippen molar-refractivity contribution in [3.05, 3.63) is 60.2 Å². The van der Waals surface area contributed by atoms with Crippen molar-refractivity contribution >= 4 is 23.2 Å². The largest absolute Gasteiger partial charge is 0.310 e. The molecule has 2 aromatic rings. The van der Waals surface area contributed by atoms with Crippen molar-refractivity contribution in [2.75, 3.05) is 22.9 Å². The molecule has 202 valence electrons. The molecular weight excluding hydrogens is 456 g/mol. The standard InChI is InChI=1S/C33H48N2O2/c1-3-4-5-6-7-8-9-10-11-12-13-14-15-21-26-34-30-24-19-20-25-31(30)35(27-28(2)32(34)36)33(37)29-22-17-16-18-23-29/h16-20,22-25,28H,3-15,21,26-27H2,1-2H3.